The number of nitrogens with zero attached hydrogens (tertiary/aromatic N) is 2. The summed E-state index contributed by atoms with van der Waals surface area (Å²) in [5.74, 6) is -0.451. The lowest BCUT2D eigenvalue weighted by molar-refractivity contribution is 0.589. The summed E-state index contributed by atoms with van der Waals surface area (Å²) in [5, 5.41) is 0. The van der Waals surface area contributed by atoms with Crippen LogP contribution in [0.5, 0.6) is 0 Å². The van der Waals surface area contributed by atoms with Gasteiger partial charge in [-0.25, -0.2) is 4.98 Å². The van der Waals surface area contributed by atoms with Crippen LogP contribution in [0.25, 0.3) is 11.4 Å². The number of benzene rings is 1. The fraction of sp³-hybridized carbons (Fsp3) is 0.231. The van der Waals surface area contributed by atoms with E-state index in [9.17, 15) is 9.18 Å². The maximum Gasteiger partial charge on any atom is 0.287 e. The number of hydrogen-bond donors (Lipinski definition) is 1. The number of hydrogen-bond acceptors (Lipinski definition) is 3. The van der Waals surface area contributed by atoms with Crippen molar-refractivity contribution in [3.05, 3.63) is 46.1 Å². The standard InChI is InChI=1S/C13H14FN3O/c1-8-11(14)13(18)16-12(15-8)9-4-6-10(7-5-9)17(2)3/h4-7H,1-3H3,(H,15,16,18). The predicted molar refractivity (Wildman–Crippen MR) is 69.3 cm³/mol. The Bertz CT molecular complexity index is 617. The zero-order valence-electron chi connectivity index (χ0n) is 10.5. The van der Waals surface area contributed by atoms with Gasteiger partial charge in [-0.05, 0) is 31.2 Å². The molecule has 0 fully saturated rings. The van der Waals surface area contributed by atoms with Gasteiger partial charge in [0.15, 0.2) is 0 Å². The van der Waals surface area contributed by atoms with Gasteiger partial charge in [-0.1, -0.05) is 0 Å². The molecule has 18 heavy (non-hydrogen) atoms. The molecule has 0 aliphatic rings. The van der Waals surface area contributed by atoms with Crippen LogP contribution in [0.1, 0.15) is 5.69 Å². The maximum absolute atomic E-state index is 13.2. The third-order valence-electron chi connectivity index (χ3n) is 2.69. The summed E-state index contributed by atoms with van der Waals surface area (Å²) in [6.07, 6.45) is 0. The molecule has 0 unspecified atom stereocenters. The van der Waals surface area contributed by atoms with E-state index in [0.717, 1.165) is 11.3 Å². The summed E-state index contributed by atoms with van der Waals surface area (Å²) in [6.45, 7) is 1.47. The number of halogens is 1. The van der Waals surface area contributed by atoms with Crippen LogP contribution >= 0.6 is 0 Å². The lowest BCUT2D eigenvalue weighted by Gasteiger charge is -2.12. The molecule has 1 aromatic carbocycles. The van der Waals surface area contributed by atoms with Crippen molar-refractivity contribution >= 4 is 5.69 Å². The molecule has 0 radical (unpaired) electrons. The average Bonchev–Trinajstić information content (AvgIpc) is 2.35. The summed E-state index contributed by atoms with van der Waals surface area (Å²) in [7, 11) is 3.88. The van der Waals surface area contributed by atoms with Crippen LogP contribution < -0.4 is 10.5 Å². The highest BCUT2D eigenvalue weighted by molar-refractivity contribution is 5.60. The van der Waals surface area contributed by atoms with Crippen LogP contribution in [0.3, 0.4) is 0 Å². The van der Waals surface area contributed by atoms with E-state index < -0.39 is 11.4 Å². The van der Waals surface area contributed by atoms with Crippen LogP contribution in [-0.2, 0) is 0 Å². The first-order valence-corrected chi connectivity index (χ1v) is 5.53. The molecular formula is C13H14FN3O. The van der Waals surface area contributed by atoms with Crippen LogP contribution in [-0.4, -0.2) is 24.1 Å². The van der Waals surface area contributed by atoms with Crippen molar-refractivity contribution in [1.82, 2.24) is 9.97 Å². The van der Waals surface area contributed by atoms with E-state index in [1.807, 2.05) is 43.3 Å². The fourth-order valence-electron chi connectivity index (χ4n) is 1.63. The van der Waals surface area contributed by atoms with E-state index in [1.165, 1.54) is 6.92 Å². The van der Waals surface area contributed by atoms with Gasteiger partial charge in [-0.3, -0.25) is 4.79 Å². The molecule has 5 heteroatoms. The van der Waals surface area contributed by atoms with Gasteiger partial charge in [-0.15, -0.1) is 0 Å². The van der Waals surface area contributed by atoms with Gasteiger partial charge in [0, 0.05) is 25.3 Å². The smallest absolute Gasteiger partial charge is 0.287 e. The van der Waals surface area contributed by atoms with Crippen LogP contribution in [0.15, 0.2) is 29.1 Å². The summed E-state index contributed by atoms with van der Waals surface area (Å²) in [4.78, 5) is 19.8. The van der Waals surface area contributed by atoms with Crippen molar-refractivity contribution in [3.8, 4) is 11.4 Å². The van der Waals surface area contributed by atoms with Crippen LogP contribution in [0.4, 0.5) is 10.1 Å². The number of aryl methyl sites for hydroxylation is 1. The Labute approximate surface area is 104 Å². The highest BCUT2D eigenvalue weighted by atomic mass is 19.1. The van der Waals surface area contributed by atoms with Crippen molar-refractivity contribution in [2.45, 2.75) is 6.92 Å². The first kappa shape index (κ1) is 12.3. The quantitative estimate of drug-likeness (QED) is 0.882. The first-order valence-electron chi connectivity index (χ1n) is 5.53. The molecular weight excluding hydrogens is 233 g/mol. The molecule has 0 saturated heterocycles. The molecule has 0 bridgehead atoms. The molecule has 2 aromatic rings. The number of nitrogens with one attached hydrogen (secondary N) is 1. The van der Waals surface area contributed by atoms with Gasteiger partial charge in [0.05, 0.1) is 5.69 Å². The van der Waals surface area contributed by atoms with Gasteiger partial charge in [0.2, 0.25) is 5.82 Å². The van der Waals surface area contributed by atoms with Crippen molar-refractivity contribution in [2.75, 3.05) is 19.0 Å². The van der Waals surface area contributed by atoms with Gasteiger partial charge < -0.3 is 9.88 Å². The average molecular weight is 247 g/mol. The monoisotopic (exact) mass is 247 g/mol. The molecule has 1 aromatic heterocycles. The molecule has 1 N–H and O–H groups in total. The third kappa shape index (κ3) is 2.25. The number of rotatable bonds is 2. The molecule has 0 saturated carbocycles. The lowest BCUT2D eigenvalue weighted by atomic mass is 10.2. The maximum atomic E-state index is 13.2. The number of aromatic nitrogens is 2. The zero-order chi connectivity index (χ0) is 13.3. The van der Waals surface area contributed by atoms with Gasteiger partial charge in [-0.2, -0.15) is 4.39 Å². The normalized spacial score (nSPS) is 10.4. The highest BCUT2D eigenvalue weighted by Crippen LogP contribution is 2.18. The second-order valence-corrected chi connectivity index (χ2v) is 4.26. The number of aromatic amines is 1. The molecule has 0 aliphatic carbocycles. The Balaban J connectivity index is 2.46. The van der Waals surface area contributed by atoms with E-state index in [-0.39, 0.29) is 5.69 Å². The van der Waals surface area contributed by atoms with Crippen molar-refractivity contribution in [3.63, 3.8) is 0 Å². The number of anilines is 1. The van der Waals surface area contributed by atoms with E-state index in [0.29, 0.717) is 5.82 Å². The van der Waals surface area contributed by atoms with Crippen molar-refractivity contribution < 1.29 is 4.39 Å². The van der Waals surface area contributed by atoms with Gasteiger partial charge in [0.1, 0.15) is 5.82 Å². The fourth-order valence-corrected chi connectivity index (χ4v) is 1.63. The first-order chi connectivity index (χ1) is 8.49. The molecule has 0 amide bonds. The molecule has 94 valence electrons. The second kappa shape index (κ2) is 4.60. The largest absolute Gasteiger partial charge is 0.378 e. The molecule has 1 heterocycles. The molecule has 0 spiro atoms. The predicted octanol–water partition coefficient (Wildman–Crippen LogP) is 1.95. The Hall–Kier alpha value is -2.17. The number of H-pyrrole nitrogens is 1. The van der Waals surface area contributed by atoms with Crippen molar-refractivity contribution in [1.29, 1.82) is 0 Å². The topological polar surface area (TPSA) is 49.0 Å². The molecule has 0 atom stereocenters. The second-order valence-electron chi connectivity index (χ2n) is 4.26. The minimum Gasteiger partial charge on any atom is -0.378 e. The van der Waals surface area contributed by atoms with E-state index >= 15 is 0 Å². The minimum atomic E-state index is -0.830. The van der Waals surface area contributed by atoms with Crippen LogP contribution in [0, 0.1) is 12.7 Å². The Kier molecular flexibility index (Phi) is 3.14. The summed E-state index contributed by atoms with van der Waals surface area (Å²) in [5.41, 5.74) is 1.15. The minimum absolute atomic E-state index is 0.102. The SMILES string of the molecule is Cc1nc(-c2ccc(N(C)C)cc2)[nH]c(=O)c1F. The van der Waals surface area contributed by atoms with E-state index in [4.69, 9.17) is 0 Å². The summed E-state index contributed by atoms with van der Waals surface area (Å²) >= 11 is 0. The summed E-state index contributed by atoms with van der Waals surface area (Å²) in [6, 6.07) is 7.50. The highest BCUT2D eigenvalue weighted by Gasteiger charge is 2.08. The summed E-state index contributed by atoms with van der Waals surface area (Å²) < 4.78 is 13.2. The molecule has 0 aliphatic heterocycles. The van der Waals surface area contributed by atoms with Gasteiger partial charge in [0.25, 0.3) is 5.56 Å². The van der Waals surface area contributed by atoms with Gasteiger partial charge >= 0.3 is 0 Å². The Morgan fingerprint density at radius 3 is 2.33 bits per heavy atom. The molecule has 4 nitrogen and oxygen atoms in total. The van der Waals surface area contributed by atoms with Crippen LogP contribution in [0.2, 0.25) is 0 Å². The Morgan fingerprint density at radius 2 is 1.83 bits per heavy atom. The third-order valence-corrected chi connectivity index (χ3v) is 2.69. The zero-order valence-corrected chi connectivity index (χ0v) is 10.5. The lowest BCUT2D eigenvalue weighted by Crippen LogP contribution is -2.15. The molecule has 2 rings (SSSR count). The van der Waals surface area contributed by atoms with E-state index in [2.05, 4.69) is 9.97 Å². The Morgan fingerprint density at radius 1 is 1.22 bits per heavy atom. The van der Waals surface area contributed by atoms with Crippen molar-refractivity contribution in [2.24, 2.45) is 0 Å². The van der Waals surface area contributed by atoms with E-state index in [1.54, 1.807) is 0 Å².